The Kier molecular flexibility index (Phi) is 6.47. The van der Waals surface area contributed by atoms with E-state index in [4.69, 9.17) is 9.47 Å². The summed E-state index contributed by atoms with van der Waals surface area (Å²) in [6.45, 7) is 0.450. The second-order valence-corrected chi connectivity index (χ2v) is 6.74. The quantitative estimate of drug-likeness (QED) is 0.575. The molecular formula is C22H25NO4. The Morgan fingerprint density at radius 1 is 0.926 bits per heavy atom. The van der Waals surface area contributed by atoms with Crippen molar-refractivity contribution in [2.24, 2.45) is 0 Å². The second-order valence-electron chi connectivity index (χ2n) is 6.74. The molecule has 0 bridgehead atoms. The van der Waals surface area contributed by atoms with E-state index in [0.717, 1.165) is 37.0 Å². The molecule has 0 aliphatic heterocycles. The van der Waals surface area contributed by atoms with Crippen LogP contribution < -0.4 is 10.1 Å². The van der Waals surface area contributed by atoms with Crippen LogP contribution in [0.15, 0.2) is 60.7 Å². The summed E-state index contributed by atoms with van der Waals surface area (Å²) in [4.78, 5) is 24.7. The molecule has 5 heteroatoms. The highest BCUT2D eigenvalue weighted by atomic mass is 16.5. The number of para-hydroxylation sites is 1. The van der Waals surface area contributed by atoms with Crippen LogP contribution in [-0.2, 0) is 19.7 Å². The van der Waals surface area contributed by atoms with E-state index in [9.17, 15) is 9.59 Å². The first-order valence-corrected chi connectivity index (χ1v) is 9.38. The average Bonchev–Trinajstić information content (AvgIpc) is 3.22. The van der Waals surface area contributed by atoms with Crippen LogP contribution in [0.2, 0.25) is 0 Å². The lowest BCUT2D eigenvalue weighted by Crippen LogP contribution is -2.38. The fourth-order valence-electron chi connectivity index (χ4n) is 3.54. The molecule has 27 heavy (non-hydrogen) atoms. The Morgan fingerprint density at radius 3 is 2.22 bits per heavy atom. The maximum Gasteiger partial charge on any atom is 0.317 e. The van der Waals surface area contributed by atoms with Gasteiger partial charge in [-0.2, -0.15) is 0 Å². The first-order valence-electron chi connectivity index (χ1n) is 9.38. The van der Waals surface area contributed by atoms with Crippen molar-refractivity contribution < 1.29 is 19.1 Å². The Balaban J connectivity index is 1.44. The van der Waals surface area contributed by atoms with Crippen molar-refractivity contribution in [1.82, 2.24) is 5.32 Å². The van der Waals surface area contributed by atoms with E-state index in [1.54, 1.807) is 0 Å². The maximum atomic E-state index is 12.8. The average molecular weight is 367 g/mol. The zero-order chi connectivity index (χ0) is 19.0. The minimum Gasteiger partial charge on any atom is -0.492 e. The van der Waals surface area contributed by atoms with Crippen LogP contribution in [0, 0.1) is 0 Å². The van der Waals surface area contributed by atoms with E-state index in [2.05, 4.69) is 5.32 Å². The van der Waals surface area contributed by atoms with Gasteiger partial charge in [0.15, 0.2) is 6.61 Å². The number of nitrogens with one attached hydrogen (secondary N) is 1. The lowest BCUT2D eigenvalue weighted by atomic mass is 9.79. The highest BCUT2D eigenvalue weighted by Gasteiger charge is 2.44. The van der Waals surface area contributed by atoms with E-state index in [1.165, 1.54) is 0 Å². The van der Waals surface area contributed by atoms with E-state index >= 15 is 0 Å². The molecule has 0 atom stereocenters. The Morgan fingerprint density at radius 2 is 1.56 bits per heavy atom. The predicted octanol–water partition coefficient (Wildman–Crippen LogP) is 3.24. The molecule has 1 aliphatic rings. The van der Waals surface area contributed by atoms with Crippen molar-refractivity contribution in [2.45, 2.75) is 31.1 Å². The van der Waals surface area contributed by atoms with Gasteiger partial charge in [0, 0.05) is 0 Å². The molecular weight excluding hydrogens is 342 g/mol. The predicted molar refractivity (Wildman–Crippen MR) is 102 cm³/mol. The fourth-order valence-corrected chi connectivity index (χ4v) is 3.54. The van der Waals surface area contributed by atoms with Crippen LogP contribution in [0.5, 0.6) is 5.75 Å². The van der Waals surface area contributed by atoms with Gasteiger partial charge in [-0.25, -0.2) is 0 Å². The van der Waals surface area contributed by atoms with Gasteiger partial charge in [-0.15, -0.1) is 0 Å². The highest BCUT2D eigenvalue weighted by Crippen LogP contribution is 2.42. The number of esters is 1. The number of carbonyl (C=O) groups is 2. The van der Waals surface area contributed by atoms with Gasteiger partial charge >= 0.3 is 5.97 Å². The fraction of sp³-hybridized carbons (Fsp3) is 0.364. The van der Waals surface area contributed by atoms with Crippen molar-refractivity contribution in [3.05, 3.63) is 66.2 Å². The van der Waals surface area contributed by atoms with Gasteiger partial charge in [0.2, 0.25) is 0 Å². The van der Waals surface area contributed by atoms with Crippen LogP contribution in [0.3, 0.4) is 0 Å². The van der Waals surface area contributed by atoms with Gasteiger partial charge in [-0.3, -0.25) is 9.59 Å². The third kappa shape index (κ3) is 4.88. The molecule has 0 unspecified atom stereocenters. The highest BCUT2D eigenvalue weighted by molar-refractivity contribution is 5.86. The molecule has 1 saturated carbocycles. The van der Waals surface area contributed by atoms with Gasteiger partial charge < -0.3 is 14.8 Å². The first-order chi connectivity index (χ1) is 13.2. The Labute approximate surface area is 159 Å². The zero-order valence-electron chi connectivity index (χ0n) is 15.4. The molecule has 1 fully saturated rings. The van der Waals surface area contributed by atoms with E-state index in [-0.39, 0.29) is 18.5 Å². The summed E-state index contributed by atoms with van der Waals surface area (Å²) in [5.41, 5.74) is 0.363. The normalized spacial score (nSPS) is 15.1. The molecule has 3 rings (SSSR count). The topological polar surface area (TPSA) is 64.6 Å². The molecule has 0 saturated heterocycles. The summed E-state index contributed by atoms with van der Waals surface area (Å²) in [5.74, 6) is 0.132. The summed E-state index contributed by atoms with van der Waals surface area (Å²) in [7, 11) is 0. The van der Waals surface area contributed by atoms with Crippen LogP contribution >= 0.6 is 0 Å². The third-order valence-corrected chi connectivity index (χ3v) is 4.94. The molecule has 0 spiro atoms. The zero-order valence-corrected chi connectivity index (χ0v) is 15.4. The smallest absolute Gasteiger partial charge is 0.317 e. The molecule has 2 aromatic carbocycles. The number of hydrogen-bond acceptors (Lipinski definition) is 4. The van der Waals surface area contributed by atoms with Crippen molar-refractivity contribution in [3.8, 4) is 5.75 Å². The minimum absolute atomic E-state index is 0.265. The number of amides is 1. The van der Waals surface area contributed by atoms with Gasteiger partial charge in [-0.1, -0.05) is 61.4 Å². The van der Waals surface area contributed by atoms with Crippen LogP contribution in [-0.4, -0.2) is 31.6 Å². The summed E-state index contributed by atoms with van der Waals surface area (Å²) in [6.07, 6.45) is 3.52. The standard InChI is InChI=1S/C22H25NO4/c24-20(23-15-16-26-19-11-5-2-6-12-19)17-27-21(25)22(13-7-8-14-22)18-9-3-1-4-10-18/h1-6,9-12H,7-8,13-17H2,(H,23,24). The summed E-state index contributed by atoms with van der Waals surface area (Å²) < 4.78 is 10.9. The summed E-state index contributed by atoms with van der Waals surface area (Å²) in [5, 5.41) is 2.71. The van der Waals surface area contributed by atoms with Crippen molar-refractivity contribution >= 4 is 11.9 Å². The van der Waals surface area contributed by atoms with Crippen LogP contribution in [0.4, 0.5) is 0 Å². The number of ether oxygens (including phenoxy) is 2. The van der Waals surface area contributed by atoms with Crippen LogP contribution in [0.25, 0.3) is 0 Å². The van der Waals surface area contributed by atoms with Gasteiger partial charge in [0.05, 0.1) is 12.0 Å². The van der Waals surface area contributed by atoms with E-state index in [1.807, 2.05) is 60.7 Å². The molecule has 1 amide bonds. The maximum absolute atomic E-state index is 12.8. The lowest BCUT2D eigenvalue weighted by Gasteiger charge is -2.27. The SMILES string of the molecule is O=C(COC(=O)C1(c2ccccc2)CCCC1)NCCOc1ccccc1. The van der Waals surface area contributed by atoms with Crippen molar-refractivity contribution in [1.29, 1.82) is 0 Å². The van der Waals surface area contributed by atoms with Gasteiger partial charge in [0.25, 0.3) is 5.91 Å². The molecule has 1 aliphatic carbocycles. The second kappa shape index (κ2) is 9.21. The number of hydrogen-bond donors (Lipinski definition) is 1. The molecule has 2 aromatic rings. The number of benzene rings is 2. The molecule has 0 aromatic heterocycles. The Hall–Kier alpha value is -2.82. The summed E-state index contributed by atoms with van der Waals surface area (Å²) >= 11 is 0. The lowest BCUT2D eigenvalue weighted by molar-refractivity contribution is -0.154. The number of rotatable bonds is 8. The molecule has 5 nitrogen and oxygen atoms in total. The molecule has 0 radical (unpaired) electrons. The van der Waals surface area contributed by atoms with Gasteiger partial charge in [0.1, 0.15) is 12.4 Å². The number of carbonyl (C=O) groups excluding carboxylic acids is 2. The minimum atomic E-state index is -0.613. The monoisotopic (exact) mass is 367 g/mol. The summed E-state index contributed by atoms with van der Waals surface area (Å²) in [6, 6.07) is 19.1. The van der Waals surface area contributed by atoms with Gasteiger partial charge in [-0.05, 0) is 30.5 Å². The van der Waals surface area contributed by atoms with Crippen LogP contribution in [0.1, 0.15) is 31.2 Å². The van der Waals surface area contributed by atoms with E-state index in [0.29, 0.717) is 13.2 Å². The van der Waals surface area contributed by atoms with Crippen molar-refractivity contribution in [2.75, 3.05) is 19.8 Å². The van der Waals surface area contributed by atoms with E-state index < -0.39 is 5.41 Å². The largest absolute Gasteiger partial charge is 0.492 e. The molecule has 142 valence electrons. The first kappa shape index (κ1) is 19.0. The molecule has 0 heterocycles. The Bertz CT molecular complexity index is 739. The molecule has 1 N–H and O–H groups in total. The third-order valence-electron chi connectivity index (χ3n) is 4.94. The van der Waals surface area contributed by atoms with Crippen molar-refractivity contribution in [3.63, 3.8) is 0 Å².